The first kappa shape index (κ1) is 16.2. The van der Waals surface area contributed by atoms with Gasteiger partial charge in [-0.25, -0.2) is 0 Å². The van der Waals surface area contributed by atoms with Crippen LogP contribution in [0.15, 0.2) is 30.9 Å². The Morgan fingerprint density at radius 1 is 1.16 bits per heavy atom. The lowest BCUT2D eigenvalue weighted by Crippen LogP contribution is -2.34. The van der Waals surface area contributed by atoms with Crippen LogP contribution in [0.1, 0.15) is 43.1 Å². The zero-order valence-electron chi connectivity index (χ0n) is 14.4. The third-order valence-corrected chi connectivity index (χ3v) is 5.06. The van der Waals surface area contributed by atoms with Crippen molar-refractivity contribution < 1.29 is 4.79 Å². The summed E-state index contributed by atoms with van der Waals surface area (Å²) in [6, 6.07) is 1.87. The Morgan fingerprint density at radius 2 is 2.04 bits per heavy atom. The van der Waals surface area contributed by atoms with Gasteiger partial charge in [0.2, 0.25) is 5.91 Å². The van der Waals surface area contributed by atoms with Crippen molar-refractivity contribution in [3.05, 3.63) is 42.2 Å². The molecule has 7 nitrogen and oxygen atoms in total. The molecule has 1 amide bonds. The average Bonchev–Trinajstić information content (AvgIpc) is 3.37. The molecule has 2 aromatic rings. The largest absolute Gasteiger partial charge is 0.332 e. The van der Waals surface area contributed by atoms with E-state index in [9.17, 15) is 4.79 Å². The highest BCUT2D eigenvalue weighted by molar-refractivity contribution is 5.76. The fourth-order valence-electron chi connectivity index (χ4n) is 3.83. The van der Waals surface area contributed by atoms with E-state index in [0.29, 0.717) is 0 Å². The smallest absolute Gasteiger partial charge is 0.244 e. The molecule has 0 bridgehead atoms. The van der Waals surface area contributed by atoms with Crippen LogP contribution in [-0.4, -0.2) is 55.1 Å². The van der Waals surface area contributed by atoms with Crippen LogP contribution >= 0.6 is 0 Å². The maximum absolute atomic E-state index is 12.7. The first-order chi connectivity index (χ1) is 12.3. The van der Waals surface area contributed by atoms with Gasteiger partial charge in [0.05, 0.1) is 23.6 Å². The van der Waals surface area contributed by atoms with E-state index >= 15 is 0 Å². The fraction of sp³-hybridized carbons (Fsp3) is 0.556. The number of hydrogen-bond acceptors (Lipinski definition) is 5. The number of hydrogen-bond donors (Lipinski definition) is 0. The summed E-state index contributed by atoms with van der Waals surface area (Å²) in [4.78, 5) is 26.2. The predicted molar refractivity (Wildman–Crippen MR) is 92.5 cm³/mol. The minimum Gasteiger partial charge on any atom is -0.332 e. The second-order valence-electron chi connectivity index (χ2n) is 6.87. The summed E-state index contributed by atoms with van der Waals surface area (Å²) in [7, 11) is 0. The number of rotatable bonds is 5. The van der Waals surface area contributed by atoms with Gasteiger partial charge in [0, 0.05) is 31.7 Å². The van der Waals surface area contributed by atoms with Gasteiger partial charge in [-0.3, -0.25) is 24.3 Å². The van der Waals surface area contributed by atoms with Crippen molar-refractivity contribution >= 4 is 5.91 Å². The minimum absolute atomic E-state index is 0.0362. The number of likely N-dealkylation sites (tertiary alicyclic amines) is 2. The SMILES string of the molecule is O=C(Cn1cccn1)N1CCCC1c1cncc(CN2CCCC2)n1. The van der Waals surface area contributed by atoms with Gasteiger partial charge in [-0.2, -0.15) is 5.10 Å². The van der Waals surface area contributed by atoms with E-state index in [-0.39, 0.29) is 18.5 Å². The molecule has 2 aromatic heterocycles. The lowest BCUT2D eigenvalue weighted by molar-refractivity contribution is -0.133. The molecule has 1 unspecified atom stereocenters. The van der Waals surface area contributed by atoms with Gasteiger partial charge in [0.25, 0.3) is 0 Å². The highest BCUT2D eigenvalue weighted by Gasteiger charge is 2.31. The molecule has 0 aromatic carbocycles. The molecule has 0 N–H and O–H groups in total. The zero-order valence-corrected chi connectivity index (χ0v) is 14.4. The number of amides is 1. The Bertz CT molecular complexity index is 710. The van der Waals surface area contributed by atoms with Crippen LogP contribution in [0.3, 0.4) is 0 Å². The molecule has 0 saturated carbocycles. The van der Waals surface area contributed by atoms with Gasteiger partial charge in [-0.1, -0.05) is 0 Å². The van der Waals surface area contributed by atoms with Gasteiger partial charge < -0.3 is 4.90 Å². The Morgan fingerprint density at radius 3 is 2.84 bits per heavy atom. The van der Waals surface area contributed by atoms with E-state index < -0.39 is 0 Å². The van der Waals surface area contributed by atoms with Crippen molar-refractivity contribution in [2.75, 3.05) is 19.6 Å². The molecule has 2 fully saturated rings. The third kappa shape index (κ3) is 3.71. The van der Waals surface area contributed by atoms with Crippen molar-refractivity contribution in [3.8, 4) is 0 Å². The molecule has 2 saturated heterocycles. The van der Waals surface area contributed by atoms with E-state index in [4.69, 9.17) is 4.98 Å². The molecule has 132 valence electrons. The predicted octanol–water partition coefficient (Wildman–Crippen LogP) is 1.63. The van der Waals surface area contributed by atoms with Gasteiger partial charge in [-0.05, 0) is 44.8 Å². The molecule has 2 aliphatic heterocycles. The van der Waals surface area contributed by atoms with E-state index in [1.54, 1.807) is 10.9 Å². The quantitative estimate of drug-likeness (QED) is 0.828. The number of nitrogens with zero attached hydrogens (tertiary/aromatic N) is 6. The summed E-state index contributed by atoms with van der Waals surface area (Å²) in [6.07, 6.45) is 11.7. The Hall–Kier alpha value is -2.28. The first-order valence-electron chi connectivity index (χ1n) is 9.10. The monoisotopic (exact) mass is 340 g/mol. The molecule has 7 heteroatoms. The van der Waals surface area contributed by atoms with E-state index in [1.807, 2.05) is 29.6 Å². The van der Waals surface area contributed by atoms with Crippen LogP contribution in [0.2, 0.25) is 0 Å². The second-order valence-corrected chi connectivity index (χ2v) is 6.87. The van der Waals surface area contributed by atoms with Gasteiger partial charge in [0.15, 0.2) is 0 Å². The molecular weight excluding hydrogens is 316 g/mol. The average molecular weight is 340 g/mol. The molecule has 0 spiro atoms. The van der Waals surface area contributed by atoms with Crippen molar-refractivity contribution in [2.24, 2.45) is 0 Å². The Labute approximate surface area is 147 Å². The normalized spacial score (nSPS) is 21.1. The molecule has 4 heterocycles. The number of aromatic nitrogens is 4. The lowest BCUT2D eigenvalue weighted by atomic mass is 10.1. The molecule has 0 radical (unpaired) electrons. The topological polar surface area (TPSA) is 67.2 Å². The van der Waals surface area contributed by atoms with Gasteiger partial charge in [0.1, 0.15) is 6.54 Å². The molecule has 4 rings (SSSR count). The zero-order chi connectivity index (χ0) is 17.1. The summed E-state index contributed by atoms with van der Waals surface area (Å²) in [5.41, 5.74) is 1.92. The Kier molecular flexibility index (Phi) is 4.74. The van der Waals surface area contributed by atoms with Crippen LogP contribution in [0.5, 0.6) is 0 Å². The van der Waals surface area contributed by atoms with Crippen molar-refractivity contribution in [1.82, 2.24) is 29.5 Å². The summed E-state index contributed by atoms with van der Waals surface area (Å²) in [5, 5.41) is 4.13. The van der Waals surface area contributed by atoms with Crippen molar-refractivity contribution in [3.63, 3.8) is 0 Å². The third-order valence-electron chi connectivity index (χ3n) is 5.06. The standard InChI is InChI=1S/C18H24N6O/c25-18(14-23-9-4-6-20-23)24-10-3-5-17(24)16-12-19-11-15(21-16)13-22-7-1-2-8-22/h4,6,9,11-12,17H,1-3,5,7-8,10,13-14H2. The van der Waals surface area contributed by atoms with Crippen LogP contribution in [0.4, 0.5) is 0 Å². The fourth-order valence-corrected chi connectivity index (χ4v) is 3.83. The maximum Gasteiger partial charge on any atom is 0.244 e. The molecule has 2 aliphatic rings. The number of carbonyl (C=O) groups excluding carboxylic acids is 1. The van der Waals surface area contributed by atoms with E-state index in [1.165, 1.54) is 12.8 Å². The highest BCUT2D eigenvalue weighted by atomic mass is 16.2. The lowest BCUT2D eigenvalue weighted by Gasteiger charge is -2.24. The van der Waals surface area contributed by atoms with Crippen LogP contribution < -0.4 is 0 Å². The highest BCUT2D eigenvalue weighted by Crippen LogP contribution is 2.31. The Balaban J connectivity index is 1.46. The summed E-state index contributed by atoms with van der Waals surface area (Å²) in [6.45, 7) is 4.20. The first-order valence-corrected chi connectivity index (χ1v) is 9.10. The summed E-state index contributed by atoms with van der Waals surface area (Å²) < 4.78 is 1.67. The maximum atomic E-state index is 12.7. The van der Waals surface area contributed by atoms with Crippen LogP contribution in [0, 0.1) is 0 Å². The second kappa shape index (κ2) is 7.31. The summed E-state index contributed by atoms with van der Waals surface area (Å²) in [5.74, 6) is 0.0953. The van der Waals surface area contributed by atoms with Crippen LogP contribution in [0.25, 0.3) is 0 Å². The van der Waals surface area contributed by atoms with Gasteiger partial charge >= 0.3 is 0 Å². The minimum atomic E-state index is 0.0362. The van der Waals surface area contributed by atoms with E-state index in [2.05, 4.69) is 15.0 Å². The van der Waals surface area contributed by atoms with Gasteiger partial charge in [-0.15, -0.1) is 0 Å². The molecule has 1 atom stereocenters. The summed E-state index contributed by atoms with van der Waals surface area (Å²) >= 11 is 0. The van der Waals surface area contributed by atoms with E-state index in [0.717, 1.165) is 50.4 Å². The van der Waals surface area contributed by atoms with Crippen molar-refractivity contribution in [2.45, 2.75) is 44.8 Å². The molecular formula is C18H24N6O. The van der Waals surface area contributed by atoms with Crippen molar-refractivity contribution in [1.29, 1.82) is 0 Å². The molecule has 0 aliphatic carbocycles. The molecule has 25 heavy (non-hydrogen) atoms. The number of carbonyl (C=O) groups is 1. The van der Waals surface area contributed by atoms with Crippen LogP contribution in [-0.2, 0) is 17.9 Å².